The van der Waals surface area contributed by atoms with Crippen LogP contribution in [0.2, 0.25) is 0 Å². The number of hydrogen-bond acceptors (Lipinski definition) is 9. The number of carbonyl (C=O) groups excluding carboxylic acids is 2. The molecule has 2 bridgehead atoms. The second kappa shape index (κ2) is 8.43. The maximum Gasteiger partial charge on any atom is 0.418 e. The molecule has 4 atom stereocenters. The molecule has 0 aliphatic carbocycles. The van der Waals surface area contributed by atoms with Gasteiger partial charge in [0.05, 0.1) is 12.6 Å². The highest BCUT2D eigenvalue weighted by atomic mass is 32.3. The first-order valence-corrected chi connectivity index (χ1v) is 10.9. The lowest BCUT2D eigenvalue weighted by Gasteiger charge is -2.29. The molecular weight excluding hydrogens is 422 g/mol. The van der Waals surface area contributed by atoms with Crippen LogP contribution in [0, 0.1) is 5.92 Å². The van der Waals surface area contributed by atoms with Crippen LogP contribution in [0.3, 0.4) is 0 Å². The molecule has 1 aromatic rings. The molecule has 14 nitrogen and oxygen atoms in total. The molecule has 3 aliphatic heterocycles. The lowest BCUT2D eigenvalue weighted by Crippen LogP contribution is -2.50. The summed E-state index contributed by atoms with van der Waals surface area (Å²) in [6.45, 7) is 1.94. The molecule has 30 heavy (non-hydrogen) atoms. The van der Waals surface area contributed by atoms with Gasteiger partial charge in [-0.15, -0.1) is 4.28 Å². The van der Waals surface area contributed by atoms with Crippen LogP contribution in [0.5, 0.6) is 0 Å². The van der Waals surface area contributed by atoms with Gasteiger partial charge < -0.3 is 10.2 Å². The minimum atomic E-state index is -4.82. The second-order valence-corrected chi connectivity index (χ2v) is 8.62. The number of hydrogen-bond donors (Lipinski definition) is 3. The van der Waals surface area contributed by atoms with Gasteiger partial charge in [-0.25, -0.2) is 15.3 Å². The second-order valence-electron chi connectivity index (χ2n) is 7.61. The van der Waals surface area contributed by atoms with Crippen molar-refractivity contribution in [2.75, 3.05) is 19.7 Å². The molecule has 0 saturated carbocycles. The van der Waals surface area contributed by atoms with Crippen LogP contribution in [-0.4, -0.2) is 87.5 Å². The standard InChI is InChI=1S/C15H23N7O7S/c23-14(13-2-1-12-6-21(13)15(24)22(12)29-30(25,26)27)19-28-7-11-3-10(4-17-11)5-20-9-16-8-18-20/h8-13,17H,1-7H2,(H,19,23)(H,25,26,27)/t10-,11+,12?,13?/m1/s1. The smallest absolute Gasteiger partial charge is 0.311 e. The van der Waals surface area contributed by atoms with E-state index in [-0.39, 0.29) is 19.2 Å². The Morgan fingerprint density at radius 2 is 2.23 bits per heavy atom. The number of rotatable bonds is 8. The van der Waals surface area contributed by atoms with Gasteiger partial charge in [0.1, 0.15) is 18.7 Å². The lowest BCUT2D eigenvalue weighted by atomic mass is 10.0. The van der Waals surface area contributed by atoms with Crippen LogP contribution in [0.1, 0.15) is 19.3 Å². The van der Waals surface area contributed by atoms with Gasteiger partial charge >= 0.3 is 16.4 Å². The van der Waals surface area contributed by atoms with Crippen LogP contribution in [0.15, 0.2) is 12.7 Å². The molecule has 15 heteroatoms. The quantitative estimate of drug-likeness (QED) is 0.310. The predicted octanol–water partition coefficient (Wildman–Crippen LogP) is -1.69. The van der Waals surface area contributed by atoms with Crippen molar-refractivity contribution in [1.82, 2.24) is 35.5 Å². The molecule has 1 aromatic heterocycles. The van der Waals surface area contributed by atoms with Gasteiger partial charge in [-0.1, -0.05) is 0 Å². The molecule has 3 N–H and O–H groups in total. The highest BCUT2D eigenvalue weighted by molar-refractivity contribution is 7.80. The maximum atomic E-state index is 12.5. The van der Waals surface area contributed by atoms with Crippen molar-refractivity contribution in [3.8, 4) is 0 Å². The molecular formula is C15H23N7O7S. The normalized spacial score (nSPS) is 28.9. The zero-order chi connectivity index (χ0) is 21.3. The number of aromatic nitrogens is 3. The van der Waals surface area contributed by atoms with E-state index < -0.39 is 34.4 Å². The highest BCUT2D eigenvalue weighted by Crippen LogP contribution is 2.30. The van der Waals surface area contributed by atoms with Crippen molar-refractivity contribution in [2.24, 2.45) is 5.92 Å². The molecule has 3 saturated heterocycles. The van der Waals surface area contributed by atoms with E-state index in [1.807, 2.05) is 0 Å². The predicted molar refractivity (Wildman–Crippen MR) is 97.4 cm³/mol. The third-order valence-electron chi connectivity index (χ3n) is 5.48. The number of nitrogens with one attached hydrogen (secondary N) is 2. The van der Waals surface area contributed by atoms with Crippen LogP contribution in [0.4, 0.5) is 4.79 Å². The first-order valence-electron chi connectivity index (χ1n) is 9.54. The average Bonchev–Trinajstić information content (AvgIpc) is 3.40. The van der Waals surface area contributed by atoms with Crippen molar-refractivity contribution in [3.05, 3.63) is 12.7 Å². The summed E-state index contributed by atoms with van der Waals surface area (Å²) in [5.41, 5.74) is 2.38. The van der Waals surface area contributed by atoms with E-state index in [0.29, 0.717) is 23.8 Å². The zero-order valence-electron chi connectivity index (χ0n) is 16.0. The molecule has 4 rings (SSSR count). The monoisotopic (exact) mass is 445 g/mol. The Hall–Kier alpha value is -2.33. The van der Waals surface area contributed by atoms with Gasteiger partial charge in [0, 0.05) is 25.7 Å². The van der Waals surface area contributed by atoms with Gasteiger partial charge in [-0.2, -0.15) is 18.6 Å². The minimum absolute atomic E-state index is 0.0710. The molecule has 0 aromatic carbocycles. The molecule has 0 spiro atoms. The maximum absolute atomic E-state index is 12.5. The van der Waals surface area contributed by atoms with Gasteiger partial charge in [-0.05, 0) is 25.2 Å². The largest absolute Gasteiger partial charge is 0.418 e. The van der Waals surface area contributed by atoms with Crippen LogP contribution >= 0.6 is 0 Å². The van der Waals surface area contributed by atoms with Crippen molar-refractivity contribution >= 4 is 22.3 Å². The SMILES string of the molecule is O=C(NOC[C@@H]1C[C@@H](Cn2cncn2)CN1)C1CCC2CN1C(=O)N2OS(=O)(=O)O. The summed E-state index contributed by atoms with van der Waals surface area (Å²) in [4.78, 5) is 35.3. The fourth-order valence-electron chi connectivity index (χ4n) is 4.15. The van der Waals surface area contributed by atoms with Crippen molar-refractivity contribution < 1.29 is 31.7 Å². The third-order valence-corrected chi connectivity index (χ3v) is 5.83. The number of hydroxylamine groups is 3. The summed E-state index contributed by atoms with van der Waals surface area (Å²) in [5, 5.41) is 8.02. The molecule has 3 aliphatic rings. The summed E-state index contributed by atoms with van der Waals surface area (Å²) >= 11 is 0. The number of piperidine rings is 1. The Morgan fingerprint density at radius 3 is 2.97 bits per heavy atom. The van der Waals surface area contributed by atoms with Gasteiger partial charge in [-0.3, -0.25) is 18.9 Å². The Balaban J connectivity index is 1.22. The topological polar surface area (TPSA) is 168 Å². The third kappa shape index (κ3) is 4.70. The summed E-state index contributed by atoms with van der Waals surface area (Å²) in [6, 6.07) is -2.07. The Kier molecular flexibility index (Phi) is 5.88. The summed E-state index contributed by atoms with van der Waals surface area (Å²) < 4.78 is 36.8. The van der Waals surface area contributed by atoms with E-state index in [2.05, 4.69) is 25.2 Å². The Morgan fingerprint density at radius 1 is 1.40 bits per heavy atom. The molecule has 2 unspecified atom stereocenters. The van der Waals surface area contributed by atoms with Crippen LogP contribution < -0.4 is 10.8 Å². The minimum Gasteiger partial charge on any atom is -0.311 e. The number of amides is 3. The van der Waals surface area contributed by atoms with Crippen LogP contribution in [0.25, 0.3) is 0 Å². The van der Waals surface area contributed by atoms with E-state index in [1.165, 1.54) is 11.2 Å². The van der Waals surface area contributed by atoms with Crippen molar-refractivity contribution in [2.45, 2.75) is 43.9 Å². The highest BCUT2D eigenvalue weighted by Gasteiger charge is 2.49. The fraction of sp³-hybridized carbons (Fsp3) is 0.733. The zero-order valence-corrected chi connectivity index (χ0v) is 16.8. The number of urea groups is 1. The van der Waals surface area contributed by atoms with Gasteiger partial charge in [0.25, 0.3) is 5.91 Å². The van der Waals surface area contributed by atoms with Gasteiger partial charge in [0.15, 0.2) is 0 Å². The van der Waals surface area contributed by atoms with E-state index in [1.54, 1.807) is 11.0 Å². The van der Waals surface area contributed by atoms with Gasteiger partial charge in [0.2, 0.25) is 0 Å². The summed E-state index contributed by atoms with van der Waals surface area (Å²) in [5.74, 6) is -0.116. The fourth-order valence-corrected chi connectivity index (χ4v) is 4.53. The lowest BCUT2D eigenvalue weighted by molar-refractivity contribution is -0.139. The van der Waals surface area contributed by atoms with E-state index in [9.17, 15) is 18.0 Å². The summed E-state index contributed by atoms with van der Waals surface area (Å²) in [7, 11) is -4.82. The first-order chi connectivity index (χ1) is 14.3. The molecule has 4 heterocycles. The first kappa shape index (κ1) is 20.9. The number of carbonyl (C=O) groups is 2. The Bertz CT molecular complexity index is 880. The molecule has 3 fully saturated rings. The number of fused-ring (bicyclic) bond motifs is 2. The molecule has 166 valence electrons. The van der Waals surface area contributed by atoms with Crippen molar-refractivity contribution in [3.63, 3.8) is 0 Å². The van der Waals surface area contributed by atoms with E-state index in [0.717, 1.165) is 19.5 Å². The average molecular weight is 445 g/mol. The Labute approximate surface area is 172 Å². The van der Waals surface area contributed by atoms with Crippen molar-refractivity contribution in [1.29, 1.82) is 0 Å². The summed E-state index contributed by atoms with van der Waals surface area (Å²) in [6.07, 6.45) is 4.68. The number of nitrogens with zero attached hydrogens (tertiary/aromatic N) is 5. The van der Waals surface area contributed by atoms with E-state index >= 15 is 0 Å². The van der Waals surface area contributed by atoms with E-state index in [4.69, 9.17) is 9.39 Å². The van der Waals surface area contributed by atoms with Crippen LogP contribution in [-0.2, 0) is 30.9 Å². The molecule has 3 amide bonds. The molecule has 0 radical (unpaired) electrons.